The molecule has 0 amide bonds. The topological polar surface area (TPSA) is 39.3 Å². The smallest absolute Gasteiger partial charge is 0.0592 e. The second-order valence-electron chi connectivity index (χ2n) is 6.02. The predicted octanol–water partition coefficient (Wildman–Crippen LogP) is 2.74. The molecule has 1 radical (unpaired) electrons. The number of aliphatic hydroxyl groups excluding tert-OH is 1. The van der Waals surface area contributed by atoms with Gasteiger partial charge in [0.15, 0.2) is 0 Å². The number of benzene rings is 1. The second kappa shape index (κ2) is 7.87. The summed E-state index contributed by atoms with van der Waals surface area (Å²) in [6, 6.07) is 11.1. The maximum Gasteiger partial charge on any atom is 0.0592 e. The quantitative estimate of drug-likeness (QED) is 0.710. The third-order valence-corrected chi connectivity index (χ3v) is 4.43. The van der Waals surface area contributed by atoms with E-state index in [2.05, 4.69) is 28.9 Å². The number of aliphatic hydroxyl groups is 1. The van der Waals surface area contributed by atoms with Crippen LogP contribution in [-0.4, -0.2) is 40.7 Å². The summed E-state index contributed by atoms with van der Waals surface area (Å²) in [6.07, 6.45) is 3.56. The van der Waals surface area contributed by atoms with Gasteiger partial charge in [-0.2, -0.15) is 18.2 Å². The zero-order valence-electron chi connectivity index (χ0n) is 12.7. The maximum absolute atomic E-state index is 9.49. The molecule has 2 aliphatic heterocycles. The molecule has 3 nitrogen and oxygen atoms in total. The number of nitrogens with zero attached hydrogens (tertiary/aromatic N) is 1. The van der Waals surface area contributed by atoms with Crippen molar-refractivity contribution in [3.05, 3.63) is 36.0 Å². The number of hydrogen-bond donors (Lipinski definition) is 2. The summed E-state index contributed by atoms with van der Waals surface area (Å²) in [7, 11) is 0. The molecule has 0 spiro atoms. The summed E-state index contributed by atoms with van der Waals surface area (Å²) in [5.74, 6) is 0.600. The maximum atomic E-state index is 9.49. The van der Waals surface area contributed by atoms with Gasteiger partial charge in [0.05, 0.1) is 6.10 Å². The van der Waals surface area contributed by atoms with Gasteiger partial charge < -0.3 is 15.0 Å². The van der Waals surface area contributed by atoms with Gasteiger partial charge in [-0.05, 0) is 44.3 Å². The summed E-state index contributed by atoms with van der Waals surface area (Å²) >= 11 is 0. The van der Waals surface area contributed by atoms with E-state index in [1.165, 1.54) is 36.0 Å². The fourth-order valence-corrected chi connectivity index (χ4v) is 3.32. The molecule has 1 unspecified atom stereocenters. The van der Waals surface area contributed by atoms with Gasteiger partial charge in [-0.1, -0.05) is 11.6 Å². The van der Waals surface area contributed by atoms with Crippen molar-refractivity contribution in [3.8, 4) is 0 Å². The zero-order valence-corrected chi connectivity index (χ0v) is 15.5. The first-order valence-electron chi connectivity index (χ1n) is 7.58. The number of aryl methyl sites for hydroxylation is 1. The van der Waals surface area contributed by atoms with E-state index in [1.54, 1.807) is 0 Å². The molecule has 3 atom stereocenters. The van der Waals surface area contributed by atoms with E-state index in [9.17, 15) is 5.11 Å². The van der Waals surface area contributed by atoms with Gasteiger partial charge in [-0.25, -0.2) is 0 Å². The minimum Gasteiger partial charge on any atom is -0.393 e. The van der Waals surface area contributed by atoms with E-state index in [1.807, 2.05) is 18.2 Å². The predicted molar refractivity (Wildman–Crippen MR) is 81.7 cm³/mol. The van der Waals surface area contributed by atoms with Crippen LogP contribution in [-0.2, 0) is 32.7 Å². The van der Waals surface area contributed by atoms with Crippen LogP contribution < -0.4 is 0 Å². The number of aromatic nitrogens is 1. The first-order valence-corrected chi connectivity index (χ1v) is 7.58. The molecule has 4 rings (SSSR count). The Bertz CT molecular complexity index is 534. The van der Waals surface area contributed by atoms with E-state index in [0.717, 1.165) is 19.5 Å². The van der Waals surface area contributed by atoms with Crippen LogP contribution >= 0.6 is 0 Å². The second-order valence-corrected chi connectivity index (χ2v) is 6.02. The molecule has 0 aliphatic carbocycles. The SMILES string of the molecule is Cc1cc2c[c-]ccc2[nH]1.O[C@H]1CCN2CCC[C@@H]1C2.[Y]. The van der Waals surface area contributed by atoms with E-state index < -0.39 is 0 Å². The first-order chi connectivity index (χ1) is 9.72. The Hall–Kier alpha value is -0.216. The minimum absolute atomic E-state index is 0. The fraction of sp³-hybridized carbons (Fsp3) is 0.529. The van der Waals surface area contributed by atoms with Crippen molar-refractivity contribution in [2.24, 2.45) is 5.92 Å². The number of aromatic amines is 1. The summed E-state index contributed by atoms with van der Waals surface area (Å²) < 4.78 is 0. The first kappa shape index (κ1) is 17.1. The van der Waals surface area contributed by atoms with Crippen molar-refractivity contribution in [1.29, 1.82) is 0 Å². The summed E-state index contributed by atoms with van der Waals surface area (Å²) in [5, 5.41) is 10.7. The molecule has 2 saturated heterocycles. The van der Waals surface area contributed by atoms with Crippen LogP contribution in [0.4, 0.5) is 0 Å². The van der Waals surface area contributed by atoms with Crippen molar-refractivity contribution in [3.63, 3.8) is 0 Å². The molecule has 4 heteroatoms. The largest absolute Gasteiger partial charge is 0.393 e. The van der Waals surface area contributed by atoms with E-state index >= 15 is 0 Å². The number of hydrogen-bond acceptors (Lipinski definition) is 2. The van der Waals surface area contributed by atoms with Gasteiger partial charge in [0, 0.05) is 45.8 Å². The molecular weight excluding hydrogens is 337 g/mol. The molecule has 2 aliphatic rings. The van der Waals surface area contributed by atoms with E-state index in [-0.39, 0.29) is 38.8 Å². The molecule has 1 aromatic heterocycles. The van der Waals surface area contributed by atoms with Gasteiger partial charge in [-0.3, -0.25) is 0 Å². The number of H-pyrrole nitrogens is 1. The Morgan fingerprint density at radius 3 is 2.95 bits per heavy atom. The molecule has 21 heavy (non-hydrogen) atoms. The third-order valence-electron chi connectivity index (χ3n) is 4.43. The fourth-order valence-electron chi connectivity index (χ4n) is 3.32. The number of rotatable bonds is 0. The van der Waals surface area contributed by atoms with Crippen LogP contribution in [0.25, 0.3) is 10.9 Å². The Morgan fingerprint density at radius 1 is 1.33 bits per heavy atom. The number of nitrogens with one attached hydrogen (secondary N) is 1. The van der Waals surface area contributed by atoms with Crippen LogP contribution in [0.5, 0.6) is 0 Å². The number of piperidine rings is 2. The van der Waals surface area contributed by atoms with Crippen molar-refractivity contribution >= 4 is 10.9 Å². The van der Waals surface area contributed by atoms with Gasteiger partial charge in [0.2, 0.25) is 0 Å². The Labute approximate surface area is 152 Å². The molecule has 2 N–H and O–H groups in total. The van der Waals surface area contributed by atoms with Crippen LogP contribution in [0.15, 0.2) is 24.3 Å². The van der Waals surface area contributed by atoms with Crippen LogP contribution in [0.3, 0.4) is 0 Å². The summed E-state index contributed by atoms with van der Waals surface area (Å²) in [6.45, 7) is 5.60. The molecular formula is C17H23N2OY-. The summed E-state index contributed by atoms with van der Waals surface area (Å²) in [4.78, 5) is 5.71. The average Bonchev–Trinajstić information content (AvgIpc) is 2.84. The van der Waals surface area contributed by atoms with Gasteiger partial charge in [0.25, 0.3) is 0 Å². The van der Waals surface area contributed by atoms with E-state index in [0.29, 0.717) is 5.92 Å². The molecule has 1 aromatic carbocycles. The van der Waals surface area contributed by atoms with Crippen LogP contribution in [0.1, 0.15) is 25.0 Å². The zero-order chi connectivity index (χ0) is 13.9. The normalized spacial score (nSPS) is 27.4. The van der Waals surface area contributed by atoms with Gasteiger partial charge >= 0.3 is 0 Å². The van der Waals surface area contributed by atoms with Gasteiger partial charge in [0.1, 0.15) is 0 Å². The summed E-state index contributed by atoms with van der Waals surface area (Å²) in [5.41, 5.74) is 2.39. The van der Waals surface area contributed by atoms with Crippen molar-refractivity contribution in [2.45, 2.75) is 32.3 Å². The Kier molecular flexibility index (Phi) is 6.42. The van der Waals surface area contributed by atoms with E-state index in [4.69, 9.17) is 0 Å². The minimum atomic E-state index is 0. The van der Waals surface area contributed by atoms with Crippen molar-refractivity contribution in [1.82, 2.24) is 9.88 Å². The molecule has 111 valence electrons. The Balaban J connectivity index is 0.000000147. The molecule has 2 bridgehead atoms. The monoisotopic (exact) mass is 360 g/mol. The average molecular weight is 360 g/mol. The van der Waals surface area contributed by atoms with Gasteiger partial charge in [-0.15, -0.1) is 11.5 Å². The van der Waals surface area contributed by atoms with Crippen LogP contribution in [0, 0.1) is 18.9 Å². The molecule has 2 aromatic rings. The molecule has 2 fully saturated rings. The standard InChI is InChI=1S/C9H8N.C8H15NO.Y/c1-7-6-8-4-2-3-5-9(8)10-7;10-8-3-5-9-4-1-2-7(8)6-9;/h3-6,10H,1H3;7-8,10H,1-6H2;/q-1;;/t;7-,8+;/m.1./s1. The third kappa shape index (κ3) is 4.38. The molecule has 3 heterocycles. The van der Waals surface area contributed by atoms with Crippen LogP contribution in [0.2, 0.25) is 0 Å². The molecule has 0 saturated carbocycles. The Morgan fingerprint density at radius 2 is 2.19 bits per heavy atom. The van der Waals surface area contributed by atoms with Crippen molar-refractivity contribution in [2.75, 3.05) is 19.6 Å². The number of fused-ring (bicyclic) bond motifs is 3. The van der Waals surface area contributed by atoms with Crippen molar-refractivity contribution < 1.29 is 37.8 Å².